The Morgan fingerprint density at radius 3 is 2.62 bits per heavy atom. The van der Waals surface area contributed by atoms with Crippen LogP contribution in [0, 0.1) is 6.92 Å². The first-order valence-electron chi connectivity index (χ1n) is 6.96. The molecule has 0 aliphatic carbocycles. The number of anilines is 2. The first-order chi connectivity index (χ1) is 9.97. The molecule has 0 atom stereocenters. The van der Waals surface area contributed by atoms with Crippen LogP contribution in [-0.2, 0) is 14.4 Å². The maximum Gasteiger partial charge on any atom is 0.229 e. The van der Waals surface area contributed by atoms with E-state index in [0.29, 0.717) is 30.6 Å². The van der Waals surface area contributed by atoms with E-state index in [4.69, 9.17) is 5.73 Å². The highest BCUT2D eigenvalue weighted by atomic mass is 16.2. The number of aryl methyl sites for hydroxylation is 1. The van der Waals surface area contributed by atoms with Gasteiger partial charge in [-0.2, -0.15) is 0 Å². The fourth-order valence-corrected chi connectivity index (χ4v) is 2.25. The molecule has 0 unspecified atom stereocenters. The predicted molar refractivity (Wildman–Crippen MR) is 79.4 cm³/mol. The van der Waals surface area contributed by atoms with E-state index < -0.39 is 0 Å². The number of nitrogen functional groups attached to an aromatic ring is 1. The Morgan fingerprint density at radius 1 is 1.29 bits per heavy atom. The Hall–Kier alpha value is -2.37. The molecule has 1 heterocycles. The number of nitrogens with zero attached hydrogens (tertiary/aromatic N) is 1. The molecule has 6 heteroatoms. The average Bonchev–Trinajstić information content (AvgIpc) is 2.42. The van der Waals surface area contributed by atoms with E-state index in [0.717, 1.165) is 5.56 Å². The van der Waals surface area contributed by atoms with Crippen molar-refractivity contribution in [1.82, 2.24) is 4.90 Å². The number of likely N-dealkylation sites (tertiary alicyclic amines) is 1. The van der Waals surface area contributed by atoms with Crippen molar-refractivity contribution in [3.63, 3.8) is 0 Å². The molecule has 6 nitrogen and oxygen atoms in total. The summed E-state index contributed by atoms with van der Waals surface area (Å²) in [6, 6.07) is 5.27. The summed E-state index contributed by atoms with van der Waals surface area (Å²) in [6.07, 6.45) is 1.44. The Kier molecular flexibility index (Phi) is 4.57. The lowest BCUT2D eigenvalue weighted by molar-refractivity contribution is -0.148. The number of carbonyl (C=O) groups is 3. The Labute approximate surface area is 123 Å². The molecule has 3 N–H and O–H groups in total. The summed E-state index contributed by atoms with van der Waals surface area (Å²) >= 11 is 0. The summed E-state index contributed by atoms with van der Waals surface area (Å²) in [4.78, 5) is 36.4. The van der Waals surface area contributed by atoms with Crippen LogP contribution in [-0.4, -0.2) is 29.2 Å². The number of nitrogens with two attached hydrogens (primary N) is 1. The highest BCUT2D eigenvalue weighted by Gasteiger charge is 2.25. The molecule has 21 heavy (non-hydrogen) atoms. The third-order valence-electron chi connectivity index (χ3n) is 3.48. The van der Waals surface area contributed by atoms with Crippen LogP contribution in [0.3, 0.4) is 0 Å². The van der Waals surface area contributed by atoms with Crippen molar-refractivity contribution in [3.05, 3.63) is 23.8 Å². The van der Waals surface area contributed by atoms with Crippen molar-refractivity contribution in [2.75, 3.05) is 17.6 Å². The Morgan fingerprint density at radius 2 is 1.95 bits per heavy atom. The summed E-state index contributed by atoms with van der Waals surface area (Å²) in [5, 5.41) is 2.75. The molecular weight excluding hydrogens is 270 g/mol. The van der Waals surface area contributed by atoms with Crippen molar-refractivity contribution in [2.45, 2.75) is 32.6 Å². The van der Waals surface area contributed by atoms with Gasteiger partial charge in [0.1, 0.15) is 0 Å². The molecule has 1 fully saturated rings. The summed E-state index contributed by atoms with van der Waals surface area (Å²) in [6.45, 7) is 2.00. The van der Waals surface area contributed by atoms with E-state index in [2.05, 4.69) is 5.32 Å². The number of hydrogen-bond acceptors (Lipinski definition) is 4. The van der Waals surface area contributed by atoms with E-state index in [-0.39, 0.29) is 30.7 Å². The molecule has 2 rings (SSSR count). The van der Waals surface area contributed by atoms with Crippen LogP contribution < -0.4 is 11.1 Å². The van der Waals surface area contributed by atoms with Gasteiger partial charge in [0, 0.05) is 37.2 Å². The quantitative estimate of drug-likeness (QED) is 0.648. The third kappa shape index (κ3) is 3.81. The molecule has 0 spiro atoms. The van der Waals surface area contributed by atoms with Gasteiger partial charge in [-0.1, -0.05) is 6.07 Å². The number of nitrogens with one attached hydrogen (secondary N) is 1. The number of benzene rings is 1. The van der Waals surface area contributed by atoms with Crippen LogP contribution in [0.25, 0.3) is 0 Å². The smallest absolute Gasteiger partial charge is 0.229 e. The van der Waals surface area contributed by atoms with Gasteiger partial charge in [-0.15, -0.1) is 0 Å². The molecule has 0 aromatic heterocycles. The number of carbonyl (C=O) groups excluding carboxylic acids is 3. The third-order valence-corrected chi connectivity index (χ3v) is 3.48. The number of amides is 3. The van der Waals surface area contributed by atoms with Crippen LogP contribution in [0.2, 0.25) is 0 Å². The van der Waals surface area contributed by atoms with Gasteiger partial charge in [0.2, 0.25) is 17.7 Å². The van der Waals surface area contributed by atoms with Gasteiger partial charge in [0.05, 0.1) is 0 Å². The summed E-state index contributed by atoms with van der Waals surface area (Å²) in [7, 11) is 0. The Bertz CT molecular complexity index is 568. The van der Waals surface area contributed by atoms with E-state index in [1.54, 1.807) is 12.1 Å². The number of piperidine rings is 1. The second-order valence-electron chi connectivity index (χ2n) is 5.17. The maximum absolute atomic E-state index is 11.9. The van der Waals surface area contributed by atoms with E-state index in [9.17, 15) is 14.4 Å². The van der Waals surface area contributed by atoms with Crippen LogP contribution in [0.4, 0.5) is 11.4 Å². The summed E-state index contributed by atoms with van der Waals surface area (Å²) in [5.74, 6) is -0.631. The molecule has 1 aliphatic heterocycles. The fraction of sp³-hybridized carbons (Fsp3) is 0.400. The van der Waals surface area contributed by atoms with E-state index in [1.165, 1.54) is 4.90 Å². The van der Waals surface area contributed by atoms with Gasteiger partial charge >= 0.3 is 0 Å². The zero-order valence-electron chi connectivity index (χ0n) is 12.0. The van der Waals surface area contributed by atoms with Gasteiger partial charge in [-0.05, 0) is 31.0 Å². The van der Waals surface area contributed by atoms with Crippen LogP contribution >= 0.6 is 0 Å². The molecule has 1 aliphatic rings. The lowest BCUT2D eigenvalue weighted by atomic mass is 10.1. The average molecular weight is 289 g/mol. The highest BCUT2D eigenvalue weighted by molar-refractivity contribution is 5.98. The van der Waals surface area contributed by atoms with Crippen molar-refractivity contribution in [3.8, 4) is 0 Å². The van der Waals surface area contributed by atoms with Crippen molar-refractivity contribution >= 4 is 29.1 Å². The van der Waals surface area contributed by atoms with Gasteiger partial charge in [0.15, 0.2) is 0 Å². The zero-order valence-corrected chi connectivity index (χ0v) is 12.0. The molecule has 1 saturated heterocycles. The van der Waals surface area contributed by atoms with Crippen molar-refractivity contribution in [1.29, 1.82) is 0 Å². The monoisotopic (exact) mass is 289 g/mol. The fourth-order valence-electron chi connectivity index (χ4n) is 2.25. The summed E-state index contributed by atoms with van der Waals surface area (Å²) in [5.41, 5.74) is 7.80. The molecule has 112 valence electrons. The molecule has 0 radical (unpaired) electrons. The number of imide groups is 1. The van der Waals surface area contributed by atoms with Crippen LogP contribution in [0.1, 0.15) is 31.2 Å². The SMILES string of the molecule is Cc1ccc(N)cc1NC(=O)CCN1C(=O)CCCC1=O. The molecule has 3 amide bonds. The highest BCUT2D eigenvalue weighted by Crippen LogP contribution is 2.18. The van der Waals surface area contributed by atoms with Crippen LogP contribution in [0.15, 0.2) is 18.2 Å². The zero-order chi connectivity index (χ0) is 15.4. The topological polar surface area (TPSA) is 92.5 Å². The minimum Gasteiger partial charge on any atom is -0.399 e. The first kappa shape index (κ1) is 15.0. The van der Waals surface area contributed by atoms with Gasteiger partial charge in [-0.25, -0.2) is 0 Å². The summed E-state index contributed by atoms with van der Waals surface area (Å²) < 4.78 is 0. The lowest BCUT2D eigenvalue weighted by Crippen LogP contribution is -2.41. The first-order valence-corrected chi connectivity index (χ1v) is 6.96. The lowest BCUT2D eigenvalue weighted by Gasteiger charge is -2.24. The number of hydrogen-bond donors (Lipinski definition) is 2. The largest absolute Gasteiger partial charge is 0.399 e. The van der Waals surface area contributed by atoms with Gasteiger partial charge in [-0.3, -0.25) is 19.3 Å². The molecule has 0 saturated carbocycles. The predicted octanol–water partition coefficient (Wildman–Crippen LogP) is 1.44. The molecular formula is C15H19N3O3. The standard InChI is InChI=1S/C15H19N3O3/c1-10-5-6-11(16)9-12(10)17-13(19)7-8-18-14(20)3-2-4-15(18)21/h5-6,9H,2-4,7-8,16H2,1H3,(H,17,19). The normalized spacial score (nSPS) is 15.2. The minimum atomic E-state index is -0.241. The molecule has 1 aromatic carbocycles. The van der Waals surface area contributed by atoms with Crippen LogP contribution in [0.5, 0.6) is 0 Å². The second kappa shape index (κ2) is 6.39. The molecule has 1 aromatic rings. The van der Waals surface area contributed by atoms with E-state index in [1.807, 2.05) is 13.0 Å². The van der Waals surface area contributed by atoms with Gasteiger partial charge < -0.3 is 11.1 Å². The second-order valence-corrected chi connectivity index (χ2v) is 5.17. The number of rotatable bonds is 4. The van der Waals surface area contributed by atoms with E-state index >= 15 is 0 Å². The Balaban J connectivity index is 1.91. The molecule has 0 bridgehead atoms. The van der Waals surface area contributed by atoms with Crippen molar-refractivity contribution in [2.24, 2.45) is 0 Å². The van der Waals surface area contributed by atoms with Crippen molar-refractivity contribution < 1.29 is 14.4 Å². The minimum absolute atomic E-state index is 0.0890. The van der Waals surface area contributed by atoms with Gasteiger partial charge in [0.25, 0.3) is 0 Å². The maximum atomic E-state index is 11.9.